The number of carbonyl (C=O) groups excluding carboxylic acids is 1. The molecule has 0 atom stereocenters. The van der Waals surface area contributed by atoms with Gasteiger partial charge in [0, 0.05) is 25.8 Å². The zero-order chi connectivity index (χ0) is 18.3. The molecule has 0 bridgehead atoms. The summed E-state index contributed by atoms with van der Waals surface area (Å²) < 4.78 is 31.8. The average Bonchev–Trinajstić information content (AvgIpc) is 2.65. The van der Waals surface area contributed by atoms with E-state index in [1.165, 1.54) is 31.4 Å². The van der Waals surface area contributed by atoms with Gasteiger partial charge in [0.05, 0.1) is 17.6 Å². The third-order valence-electron chi connectivity index (χ3n) is 3.72. The molecule has 0 spiro atoms. The van der Waals surface area contributed by atoms with Gasteiger partial charge in [-0.3, -0.25) is 0 Å². The Hall–Kier alpha value is -2.38. The van der Waals surface area contributed by atoms with Crippen LogP contribution in [0.25, 0.3) is 0 Å². The summed E-state index contributed by atoms with van der Waals surface area (Å²) in [7, 11) is -0.446. The van der Waals surface area contributed by atoms with Gasteiger partial charge in [0.15, 0.2) is 0 Å². The third kappa shape index (κ3) is 5.30. The van der Waals surface area contributed by atoms with Crippen LogP contribution < -0.4 is 9.62 Å². The van der Waals surface area contributed by atoms with Crippen LogP contribution >= 0.6 is 0 Å². The van der Waals surface area contributed by atoms with Crippen LogP contribution in [-0.2, 0) is 14.8 Å². The number of methoxy groups -OCH3 is 1. The first kappa shape index (κ1) is 19.0. The second kappa shape index (κ2) is 8.64. The molecular formula is C18H22N2O4S. The quantitative estimate of drug-likeness (QED) is 0.576. The molecule has 2 aromatic rings. The van der Waals surface area contributed by atoms with Crippen LogP contribution in [0.2, 0.25) is 0 Å². The minimum atomic E-state index is -3.66. The molecule has 7 heteroatoms. The minimum absolute atomic E-state index is 0.0480. The number of hydrogen-bond donors (Lipinski definition) is 1. The molecule has 6 nitrogen and oxygen atoms in total. The predicted octanol–water partition coefficient (Wildman–Crippen LogP) is 2.28. The topological polar surface area (TPSA) is 75.7 Å². The molecule has 0 fully saturated rings. The summed E-state index contributed by atoms with van der Waals surface area (Å²) in [4.78, 5) is 13.6. The van der Waals surface area contributed by atoms with Crippen molar-refractivity contribution in [2.45, 2.75) is 11.3 Å². The van der Waals surface area contributed by atoms with E-state index in [-0.39, 0.29) is 10.5 Å². The summed E-state index contributed by atoms with van der Waals surface area (Å²) in [6.45, 7) is 1.02. The maximum absolute atomic E-state index is 12.3. The highest BCUT2D eigenvalue weighted by molar-refractivity contribution is 7.89. The van der Waals surface area contributed by atoms with Gasteiger partial charge in [-0.2, -0.15) is 0 Å². The molecule has 2 rings (SSSR count). The molecule has 0 aromatic heterocycles. The Balaban J connectivity index is 1.90. The van der Waals surface area contributed by atoms with E-state index in [0.29, 0.717) is 19.5 Å². The first-order valence-corrected chi connectivity index (χ1v) is 9.36. The smallest absolute Gasteiger partial charge is 0.337 e. The van der Waals surface area contributed by atoms with Gasteiger partial charge in [-0.15, -0.1) is 0 Å². The van der Waals surface area contributed by atoms with Crippen molar-refractivity contribution in [1.29, 1.82) is 0 Å². The highest BCUT2D eigenvalue weighted by Crippen LogP contribution is 2.13. The standard InChI is InChI=1S/C18H22N2O4S/c1-20(16-9-4-3-5-10-16)13-7-12-19-25(22,23)17-11-6-8-15(14-17)18(21)24-2/h3-6,8-11,14,19H,7,12-13H2,1-2H3. The van der Waals surface area contributed by atoms with E-state index < -0.39 is 16.0 Å². The number of nitrogens with zero attached hydrogens (tertiary/aromatic N) is 1. The average molecular weight is 362 g/mol. The predicted molar refractivity (Wildman–Crippen MR) is 97.3 cm³/mol. The molecule has 0 aliphatic rings. The van der Waals surface area contributed by atoms with Gasteiger partial charge >= 0.3 is 5.97 Å². The highest BCUT2D eigenvalue weighted by atomic mass is 32.2. The second-order valence-corrected chi connectivity index (χ2v) is 7.29. The Kier molecular flexibility index (Phi) is 6.55. The number of para-hydroxylation sites is 1. The molecule has 0 heterocycles. The normalized spacial score (nSPS) is 11.1. The highest BCUT2D eigenvalue weighted by Gasteiger charge is 2.16. The Morgan fingerprint density at radius 3 is 2.52 bits per heavy atom. The molecular weight excluding hydrogens is 340 g/mol. The lowest BCUT2D eigenvalue weighted by Crippen LogP contribution is -2.28. The summed E-state index contributed by atoms with van der Waals surface area (Å²) in [6, 6.07) is 15.7. The van der Waals surface area contributed by atoms with Crippen molar-refractivity contribution in [3.8, 4) is 0 Å². The Morgan fingerprint density at radius 1 is 1.12 bits per heavy atom. The molecule has 0 amide bonds. The summed E-state index contributed by atoms with van der Waals surface area (Å²) in [6.07, 6.45) is 0.654. The molecule has 1 N–H and O–H groups in total. The summed E-state index contributed by atoms with van der Waals surface area (Å²) in [5, 5.41) is 0. The summed E-state index contributed by atoms with van der Waals surface area (Å²) in [5.74, 6) is -0.568. The van der Waals surface area contributed by atoms with Crippen LogP contribution in [0.4, 0.5) is 5.69 Å². The van der Waals surface area contributed by atoms with Crippen LogP contribution in [0.5, 0.6) is 0 Å². The van der Waals surface area contributed by atoms with Crippen LogP contribution in [-0.4, -0.2) is 41.6 Å². The molecule has 25 heavy (non-hydrogen) atoms. The van der Waals surface area contributed by atoms with E-state index in [9.17, 15) is 13.2 Å². The van der Waals surface area contributed by atoms with E-state index in [0.717, 1.165) is 5.69 Å². The first-order chi connectivity index (χ1) is 11.9. The van der Waals surface area contributed by atoms with Gasteiger partial charge in [0.2, 0.25) is 10.0 Å². The van der Waals surface area contributed by atoms with Gasteiger partial charge in [-0.25, -0.2) is 17.9 Å². The van der Waals surface area contributed by atoms with E-state index in [2.05, 4.69) is 14.4 Å². The summed E-state index contributed by atoms with van der Waals surface area (Å²) in [5.41, 5.74) is 1.28. The maximum atomic E-state index is 12.3. The SMILES string of the molecule is COC(=O)c1cccc(S(=O)(=O)NCCCN(C)c2ccccc2)c1. The number of ether oxygens (including phenoxy) is 1. The van der Waals surface area contributed by atoms with Crippen LogP contribution in [0.1, 0.15) is 16.8 Å². The Bertz CT molecular complexity index is 807. The molecule has 0 aliphatic carbocycles. The number of hydrogen-bond acceptors (Lipinski definition) is 5. The van der Waals surface area contributed by atoms with Crippen molar-refractivity contribution < 1.29 is 17.9 Å². The Labute approximate surface area is 148 Å². The van der Waals surface area contributed by atoms with Gasteiger partial charge in [0.1, 0.15) is 0 Å². The van der Waals surface area contributed by atoms with Crippen molar-refractivity contribution in [1.82, 2.24) is 4.72 Å². The lowest BCUT2D eigenvalue weighted by atomic mass is 10.2. The van der Waals surface area contributed by atoms with Crippen LogP contribution in [0, 0.1) is 0 Å². The van der Waals surface area contributed by atoms with E-state index >= 15 is 0 Å². The maximum Gasteiger partial charge on any atom is 0.337 e. The van der Waals surface area contributed by atoms with Gasteiger partial charge in [0.25, 0.3) is 0 Å². The van der Waals surface area contributed by atoms with Gasteiger partial charge in [-0.05, 0) is 36.8 Å². The second-order valence-electron chi connectivity index (χ2n) is 5.53. The lowest BCUT2D eigenvalue weighted by Gasteiger charge is -2.19. The zero-order valence-electron chi connectivity index (χ0n) is 14.3. The fourth-order valence-corrected chi connectivity index (χ4v) is 3.45. The summed E-state index contributed by atoms with van der Waals surface area (Å²) >= 11 is 0. The van der Waals surface area contributed by atoms with Crippen LogP contribution in [0.3, 0.4) is 0 Å². The number of benzene rings is 2. The largest absolute Gasteiger partial charge is 0.465 e. The molecule has 0 saturated carbocycles. The van der Waals surface area contributed by atoms with E-state index in [1.807, 2.05) is 37.4 Å². The molecule has 2 aromatic carbocycles. The van der Waals surface area contributed by atoms with Gasteiger partial charge < -0.3 is 9.64 Å². The first-order valence-electron chi connectivity index (χ1n) is 7.88. The number of sulfonamides is 1. The van der Waals surface area contributed by atoms with Crippen molar-refractivity contribution in [3.63, 3.8) is 0 Å². The Morgan fingerprint density at radius 2 is 1.84 bits per heavy atom. The molecule has 0 unspecified atom stereocenters. The zero-order valence-corrected chi connectivity index (χ0v) is 15.1. The minimum Gasteiger partial charge on any atom is -0.465 e. The fraction of sp³-hybridized carbons (Fsp3) is 0.278. The van der Waals surface area contributed by atoms with Gasteiger partial charge in [-0.1, -0.05) is 24.3 Å². The van der Waals surface area contributed by atoms with Crippen molar-refractivity contribution >= 4 is 21.7 Å². The number of nitrogens with one attached hydrogen (secondary N) is 1. The molecule has 0 saturated heterocycles. The fourth-order valence-electron chi connectivity index (χ4n) is 2.33. The molecule has 134 valence electrons. The van der Waals surface area contributed by atoms with Crippen molar-refractivity contribution in [3.05, 3.63) is 60.2 Å². The number of esters is 1. The molecule has 0 radical (unpaired) electrons. The number of rotatable bonds is 8. The lowest BCUT2D eigenvalue weighted by molar-refractivity contribution is 0.0600. The van der Waals surface area contributed by atoms with E-state index in [4.69, 9.17) is 0 Å². The monoisotopic (exact) mass is 362 g/mol. The van der Waals surface area contributed by atoms with Crippen LogP contribution in [0.15, 0.2) is 59.5 Å². The number of anilines is 1. The van der Waals surface area contributed by atoms with Crippen molar-refractivity contribution in [2.24, 2.45) is 0 Å². The van der Waals surface area contributed by atoms with Crippen molar-refractivity contribution in [2.75, 3.05) is 32.1 Å². The molecule has 0 aliphatic heterocycles. The number of carbonyl (C=O) groups is 1. The van der Waals surface area contributed by atoms with E-state index in [1.54, 1.807) is 0 Å². The third-order valence-corrected chi connectivity index (χ3v) is 5.18.